The normalized spacial score (nSPS) is 23.1. The number of benzene rings is 1. The van der Waals surface area contributed by atoms with Gasteiger partial charge in [-0.1, -0.05) is 19.1 Å². The standard InChI is InChI=1S/C19H27N3O2S/c1-14-11-17(14)19(24)20-6-5-18(23)21-16-4-2-3-15(12-16)13-22-7-9-25-10-8-22/h2-4,12,14,17H,5-11,13H2,1H3,(H,20,24)(H,21,23)/t14-,17-/m0/s1. The summed E-state index contributed by atoms with van der Waals surface area (Å²) in [5.41, 5.74) is 2.05. The van der Waals surface area contributed by atoms with Crippen molar-refractivity contribution in [2.24, 2.45) is 11.8 Å². The molecule has 2 atom stereocenters. The molecule has 2 aliphatic rings. The van der Waals surface area contributed by atoms with Crippen LogP contribution in [-0.2, 0) is 16.1 Å². The molecule has 1 aromatic rings. The number of thioether (sulfide) groups is 1. The molecule has 1 aliphatic carbocycles. The zero-order valence-corrected chi connectivity index (χ0v) is 15.6. The number of nitrogens with zero attached hydrogens (tertiary/aromatic N) is 1. The number of nitrogens with one attached hydrogen (secondary N) is 2. The Morgan fingerprint density at radius 1 is 1.28 bits per heavy atom. The third kappa shape index (κ3) is 5.75. The Hall–Kier alpha value is -1.53. The first-order valence-corrected chi connectivity index (χ1v) is 10.2. The van der Waals surface area contributed by atoms with Crippen molar-refractivity contribution in [1.29, 1.82) is 0 Å². The van der Waals surface area contributed by atoms with Crippen LogP contribution >= 0.6 is 11.8 Å². The molecule has 136 valence electrons. The van der Waals surface area contributed by atoms with Gasteiger partial charge in [0.2, 0.25) is 11.8 Å². The van der Waals surface area contributed by atoms with Crippen LogP contribution in [0.3, 0.4) is 0 Å². The molecule has 6 heteroatoms. The molecule has 1 aliphatic heterocycles. The lowest BCUT2D eigenvalue weighted by atomic mass is 10.2. The van der Waals surface area contributed by atoms with E-state index in [0.717, 1.165) is 31.7 Å². The smallest absolute Gasteiger partial charge is 0.226 e. The van der Waals surface area contributed by atoms with Crippen LogP contribution in [0.15, 0.2) is 24.3 Å². The van der Waals surface area contributed by atoms with Crippen molar-refractivity contribution in [3.63, 3.8) is 0 Å². The van der Waals surface area contributed by atoms with Crippen LogP contribution in [0.4, 0.5) is 5.69 Å². The molecule has 5 nitrogen and oxygen atoms in total. The summed E-state index contributed by atoms with van der Waals surface area (Å²) in [7, 11) is 0. The molecule has 3 rings (SSSR count). The van der Waals surface area contributed by atoms with Gasteiger partial charge in [0.25, 0.3) is 0 Å². The fourth-order valence-corrected chi connectivity index (χ4v) is 4.08. The first-order valence-electron chi connectivity index (χ1n) is 9.08. The Balaban J connectivity index is 1.41. The number of rotatable bonds is 7. The molecule has 2 fully saturated rings. The highest BCUT2D eigenvalue weighted by atomic mass is 32.2. The Morgan fingerprint density at radius 3 is 2.76 bits per heavy atom. The van der Waals surface area contributed by atoms with E-state index < -0.39 is 0 Å². The average Bonchev–Trinajstić information content (AvgIpc) is 3.33. The lowest BCUT2D eigenvalue weighted by molar-refractivity contribution is -0.122. The van der Waals surface area contributed by atoms with Gasteiger partial charge in [0.1, 0.15) is 0 Å². The summed E-state index contributed by atoms with van der Waals surface area (Å²) in [5, 5.41) is 5.78. The summed E-state index contributed by atoms with van der Waals surface area (Å²) in [5.74, 6) is 3.07. The molecule has 0 unspecified atom stereocenters. The first-order chi connectivity index (χ1) is 12.1. The molecule has 1 heterocycles. The number of hydrogen-bond acceptors (Lipinski definition) is 4. The van der Waals surface area contributed by atoms with Crippen LogP contribution in [0.1, 0.15) is 25.3 Å². The van der Waals surface area contributed by atoms with Gasteiger partial charge >= 0.3 is 0 Å². The van der Waals surface area contributed by atoms with Crippen molar-refractivity contribution in [2.75, 3.05) is 36.5 Å². The molecule has 1 aromatic carbocycles. The predicted octanol–water partition coefficient (Wildman–Crippen LogP) is 2.34. The van der Waals surface area contributed by atoms with Crippen molar-refractivity contribution in [2.45, 2.75) is 26.3 Å². The van der Waals surface area contributed by atoms with E-state index in [1.165, 1.54) is 17.1 Å². The van der Waals surface area contributed by atoms with Crippen LogP contribution in [-0.4, -0.2) is 47.9 Å². The maximum atomic E-state index is 12.1. The number of anilines is 1. The highest BCUT2D eigenvalue weighted by Crippen LogP contribution is 2.37. The highest BCUT2D eigenvalue weighted by molar-refractivity contribution is 7.99. The fourth-order valence-electron chi connectivity index (χ4n) is 3.11. The molecule has 0 radical (unpaired) electrons. The van der Waals surface area contributed by atoms with E-state index in [1.54, 1.807) is 0 Å². The summed E-state index contributed by atoms with van der Waals surface area (Å²) < 4.78 is 0. The van der Waals surface area contributed by atoms with Gasteiger partial charge in [-0.25, -0.2) is 0 Å². The summed E-state index contributed by atoms with van der Waals surface area (Å²) in [6.07, 6.45) is 1.28. The number of amides is 2. The van der Waals surface area contributed by atoms with Gasteiger partial charge < -0.3 is 10.6 Å². The Kier molecular flexibility index (Phi) is 6.37. The second-order valence-electron chi connectivity index (χ2n) is 7.00. The maximum absolute atomic E-state index is 12.1. The van der Waals surface area contributed by atoms with Gasteiger partial charge in [0.05, 0.1) is 0 Å². The fraction of sp³-hybridized carbons (Fsp3) is 0.579. The minimum atomic E-state index is -0.0596. The minimum Gasteiger partial charge on any atom is -0.355 e. The molecule has 0 bridgehead atoms. The van der Waals surface area contributed by atoms with E-state index in [9.17, 15) is 9.59 Å². The topological polar surface area (TPSA) is 61.4 Å². The van der Waals surface area contributed by atoms with Crippen LogP contribution < -0.4 is 10.6 Å². The molecular formula is C19H27N3O2S. The van der Waals surface area contributed by atoms with E-state index in [2.05, 4.69) is 28.5 Å². The van der Waals surface area contributed by atoms with Crippen molar-refractivity contribution >= 4 is 29.3 Å². The third-order valence-corrected chi connectivity index (χ3v) is 5.76. The predicted molar refractivity (Wildman–Crippen MR) is 103 cm³/mol. The van der Waals surface area contributed by atoms with Crippen LogP contribution in [0, 0.1) is 11.8 Å². The molecule has 2 amide bonds. The van der Waals surface area contributed by atoms with Crippen LogP contribution in [0.25, 0.3) is 0 Å². The van der Waals surface area contributed by atoms with E-state index >= 15 is 0 Å². The third-order valence-electron chi connectivity index (χ3n) is 4.82. The zero-order chi connectivity index (χ0) is 17.6. The van der Waals surface area contributed by atoms with Gasteiger partial charge in [-0.2, -0.15) is 11.8 Å². The quantitative estimate of drug-likeness (QED) is 0.783. The molecule has 1 saturated heterocycles. The number of hydrogen-bond donors (Lipinski definition) is 2. The average molecular weight is 362 g/mol. The molecule has 2 N–H and O–H groups in total. The largest absolute Gasteiger partial charge is 0.355 e. The first kappa shape index (κ1) is 18.3. The van der Waals surface area contributed by atoms with Crippen molar-refractivity contribution in [3.05, 3.63) is 29.8 Å². The van der Waals surface area contributed by atoms with E-state index in [0.29, 0.717) is 18.9 Å². The molecule has 0 aromatic heterocycles. The van der Waals surface area contributed by atoms with Gasteiger partial charge in [-0.05, 0) is 30.0 Å². The Morgan fingerprint density at radius 2 is 2.04 bits per heavy atom. The van der Waals surface area contributed by atoms with E-state index in [4.69, 9.17) is 0 Å². The molecule has 1 saturated carbocycles. The molecule has 25 heavy (non-hydrogen) atoms. The number of carbonyl (C=O) groups excluding carboxylic acids is 2. The van der Waals surface area contributed by atoms with Crippen molar-refractivity contribution in [1.82, 2.24) is 10.2 Å². The molecule has 0 spiro atoms. The lowest BCUT2D eigenvalue weighted by Gasteiger charge is -2.26. The van der Waals surface area contributed by atoms with Crippen LogP contribution in [0.2, 0.25) is 0 Å². The van der Waals surface area contributed by atoms with E-state index in [-0.39, 0.29) is 17.7 Å². The minimum absolute atomic E-state index is 0.0596. The lowest BCUT2D eigenvalue weighted by Crippen LogP contribution is -2.32. The SMILES string of the molecule is C[C@H]1C[C@@H]1C(=O)NCCC(=O)Nc1cccc(CN2CCSCC2)c1. The van der Waals surface area contributed by atoms with Crippen molar-refractivity contribution < 1.29 is 9.59 Å². The number of carbonyl (C=O) groups is 2. The van der Waals surface area contributed by atoms with Gasteiger partial charge in [-0.3, -0.25) is 14.5 Å². The second kappa shape index (κ2) is 8.72. The summed E-state index contributed by atoms with van der Waals surface area (Å²) >= 11 is 2.01. The van der Waals surface area contributed by atoms with Gasteiger partial charge in [0, 0.05) is 55.7 Å². The monoisotopic (exact) mass is 361 g/mol. The van der Waals surface area contributed by atoms with E-state index in [1.807, 2.05) is 30.0 Å². The zero-order valence-electron chi connectivity index (χ0n) is 14.8. The Bertz CT molecular complexity index is 616. The summed E-state index contributed by atoms with van der Waals surface area (Å²) in [6, 6.07) is 8.05. The Labute approximate surface area is 153 Å². The molecular weight excluding hydrogens is 334 g/mol. The second-order valence-corrected chi connectivity index (χ2v) is 8.22. The van der Waals surface area contributed by atoms with Gasteiger partial charge in [-0.15, -0.1) is 0 Å². The van der Waals surface area contributed by atoms with Crippen molar-refractivity contribution in [3.8, 4) is 0 Å². The highest BCUT2D eigenvalue weighted by Gasteiger charge is 2.38. The van der Waals surface area contributed by atoms with Crippen LogP contribution in [0.5, 0.6) is 0 Å². The summed E-state index contributed by atoms with van der Waals surface area (Å²) in [4.78, 5) is 26.3. The van der Waals surface area contributed by atoms with Gasteiger partial charge in [0.15, 0.2) is 0 Å². The summed E-state index contributed by atoms with van der Waals surface area (Å²) in [6.45, 7) is 5.66. The maximum Gasteiger partial charge on any atom is 0.226 e.